The minimum Gasteiger partial charge on any atom is -0.507 e. The second-order valence-corrected chi connectivity index (χ2v) is 18.0. The third-order valence-corrected chi connectivity index (χ3v) is 8.94. The molecular formula is C42H66O6. The zero-order valence-electron chi connectivity index (χ0n) is 32.6. The Kier molecular flexibility index (Phi) is 13.8. The lowest BCUT2D eigenvalue weighted by Crippen LogP contribution is -2.19. The largest absolute Gasteiger partial charge is 0.507 e. The lowest BCUT2D eigenvalue weighted by atomic mass is 9.78. The summed E-state index contributed by atoms with van der Waals surface area (Å²) in [6.45, 7) is 28.9. The molecule has 2 unspecified atom stereocenters. The number of hydrogen-bond acceptors (Lipinski definition) is 6. The molecule has 0 heterocycles. The van der Waals surface area contributed by atoms with E-state index in [1.165, 1.54) is 0 Å². The van der Waals surface area contributed by atoms with Gasteiger partial charge in [-0.05, 0) is 107 Å². The van der Waals surface area contributed by atoms with Gasteiger partial charge >= 0.3 is 11.9 Å². The Labute approximate surface area is 292 Å². The summed E-state index contributed by atoms with van der Waals surface area (Å²) in [6, 6.07) is 8.09. The highest BCUT2D eigenvalue weighted by atomic mass is 16.5. The zero-order chi connectivity index (χ0) is 36.8. The number of esters is 2. The molecule has 0 spiro atoms. The van der Waals surface area contributed by atoms with Gasteiger partial charge in [0.05, 0.1) is 12.2 Å². The van der Waals surface area contributed by atoms with E-state index in [1.54, 1.807) is 0 Å². The zero-order valence-corrected chi connectivity index (χ0v) is 32.6. The molecule has 2 aromatic carbocycles. The summed E-state index contributed by atoms with van der Waals surface area (Å²) in [7, 11) is 0. The Bertz CT molecular complexity index is 1210. The van der Waals surface area contributed by atoms with E-state index in [9.17, 15) is 19.8 Å². The van der Waals surface area contributed by atoms with E-state index >= 15 is 0 Å². The van der Waals surface area contributed by atoms with Crippen LogP contribution in [0.4, 0.5) is 0 Å². The average molecular weight is 667 g/mol. The summed E-state index contributed by atoms with van der Waals surface area (Å²) in [5.41, 5.74) is 4.78. The normalized spacial score (nSPS) is 14.0. The first kappa shape index (κ1) is 41.2. The number of ether oxygens (including phenoxy) is 2. The number of phenols is 2. The second kappa shape index (κ2) is 16.1. The van der Waals surface area contributed by atoms with Crippen molar-refractivity contribution in [3.05, 3.63) is 57.6 Å². The van der Waals surface area contributed by atoms with E-state index in [-0.39, 0.29) is 58.6 Å². The molecule has 0 aliphatic rings. The van der Waals surface area contributed by atoms with Crippen LogP contribution in [0.15, 0.2) is 24.3 Å². The van der Waals surface area contributed by atoms with Crippen molar-refractivity contribution in [3.8, 4) is 11.5 Å². The number of aromatic hydroxyl groups is 2. The first-order chi connectivity index (χ1) is 21.8. The van der Waals surface area contributed by atoms with Crippen molar-refractivity contribution in [2.24, 2.45) is 0 Å². The number of carbonyl (C=O) groups excluding carboxylic acids is 2. The molecule has 6 heteroatoms. The molecule has 270 valence electrons. The number of aryl methyl sites for hydroxylation is 2. The van der Waals surface area contributed by atoms with Crippen LogP contribution in [0.3, 0.4) is 0 Å². The summed E-state index contributed by atoms with van der Waals surface area (Å²) in [5.74, 6) is 0.255. The minimum absolute atomic E-state index is 0.188. The van der Waals surface area contributed by atoms with Gasteiger partial charge < -0.3 is 19.7 Å². The average Bonchev–Trinajstić information content (AvgIpc) is 2.91. The van der Waals surface area contributed by atoms with Crippen molar-refractivity contribution in [3.63, 3.8) is 0 Å². The standard InChI is InChI=1S/C42H66O6/c1-27(47-35(43)21-19-29-23-31(39(3,4)5)37(45)32(24-29)40(6,7)8)17-15-16-18-28(2)48-36(44)22-20-30-25-33(41(9,10)11)38(46)34(26-30)42(12,13)14/h23-28,45-46H,15-22H2,1-14H3. The van der Waals surface area contributed by atoms with Gasteiger partial charge in [0.1, 0.15) is 11.5 Å². The Morgan fingerprint density at radius 3 is 1.02 bits per heavy atom. The third kappa shape index (κ3) is 12.5. The SMILES string of the molecule is CC(CCCCC(C)OC(=O)CCc1cc(C(C)(C)C)c(O)c(C(C)(C)C)c1)OC(=O)CCc1cc(C(C)(C)C)c(O)c(C(C)(C)C)c1. The highest BCUT2D eigenvalue weighted by Gasteiger charge is 2.28. The monoisotopic (exact) mass is 666 g/mol. The van der Waals surface area contributed by atoms with Gasteiger partial charge in [0.15, 0.2) is 0 Å². The van der Waals surface area contributed by atoms with Gasteiger partial charge in [0.2, 0.25) is 0 Å². The number of rotatable bonds is 13. The van der Waals surface area contributed by atoms with Crippen LogP contribution in [0.25, 0.3) is 0 Å². The number of phenolic OH excluding ortho intramolecular Hbond substituents is 2. The quantitative estimate of drug-likeness (QED) is 0.163. The van der Waals surface area contributed by atoms with Gasteiger partial charge in [-0.2, -0.15) is 0 Å². The fourth-order valence-electron chi connectivity index (χ4n) is 6.00. The van der Waals surface area contributed by atoms with Gasteiger partial charge in [-0.3, -0.25) is 9.59 Å². The summed E-state index contributed by atoms with van der Waals surface area (Å²) in [6.07, 6.45) is 4.56. The van der Waals surface area contributed by atoms with Crippen molar-refractivity contribution in [1.82, 2.24) is 0 Å². The van der Waals surface area contributed by atoms with Crippen LogP contribution in [-0.4, -0.2) is 34.4 Å². The lowest BCUT2D eigenvalue weighted by molar-refractivity contribution is -0.150. The number of hydrogen-bond donors (Lipinski definition) is 2. The maximum absolute atomic E-state index is 12.7. The van der Waals surface area contributed by atoms with Crippen molar-refractivity contribution in [2.45, 2.75) is 182 Å². The van der Waals surface area contributed by atoms with Gasteiger partial charge in [-0.15, -0.1) is 0 Å². The molecule has 0 aromatic heterocycles. The summed E-state index contributed by atoms with van der Waals surface area (Å²) < 4.78 is 11.4. The van der Waals surface area contributed by atoms with Gasteiger partial charge in [-0.25, -0.2) is 0 Å². The first-order valence-electron chi connectivity index (χ1n) is 17.9. The Hall–Kier alpha value is -3.02. The van der Waals surface area contributed by atoms with Gasteiger partial charge in [-0.1, -0.05) is 107 Å². The van der Waals surface area contributed by atoms with E-state index in [2.05, 4.69) is 83.1 Å². The fourth-order valence-corrected chi connectivity index (χ4v) is 6.00. The number of carbonyl (C=O) groups is 2. The lowest BCUT2D eigenvalue weighted by Gasteiger charge is -2.28. The molecule has 2 atom stereocenters. The topological polar surface area (TPSA) is 93.1 Å². The van der Waals surface area contributed by atoms with Crippen LogP contribution < -0.4 is 0 Å². The highest BCUT2D eigenvalue weighted by molar-refractivity contribution is 5.70. The molecule has 0 aliphatic carbocycles. The van der Waals surface area contributed by atoms with Crippen molar-refractivity contribution >= 4 is 11.9 Å². The maximum atomic E-state index is 12.7. The Morgan fingerprint density at radius 1 is 0.542 bits per heavy atom. The highest BCUT2D eigenvalue weighted by Crippen LogP contribution is 2.41. The second-order valence-electron chi connectivity index (χ2n) is 18.0. The Balaban J connectivity index is 1.81. The molecule has 0 amide bonds. The minimum atomic E-state index is -0.217. The van der Waals surface area contributed by atoms with E-state index < -0.39 is 0 Å². The van der Waals surface area contributed by atoms with Crippen LogP contribution in [0, 0.1) is 0 Å². The van der Waals surface area contributed by atoms with E-state index in [1.807, 2.05) is 38.1 Å². The van der Waals surface area contributed by atoms with Crippen molar-refractivity contribution in [1.29, 1.82) is 0 Å². The summed E-state index contributed by atoms with van der Waals surface area (Å²) in [5, 5.41) is 21.9. The summed E-state index contributed by atoms with van der Waals surface area (Å²) >= 11 is 0. The third-order valence-electron chi connectivity index (χ3n) is 8.94. The van der Waals surface area contributed by atoms with Crippen LogP contribution in [-0.2, 0) is 53.6 Å². The molecule has 0 saturated heterocycles. The smallest absolute Gasteiger partial charge is 0.306 e. The predicted octanol–water partition coefficient (Wildman–Crippen LogP) is 10.3. The Morgan fingerprint density at radius 2 is 0.792 bits per heavy atom. The molecule has 2 N–H and O–H groups in total. The predicted molar refractivity (Wildman–Crippen MR) is 197 cm³/mol. The van der Waals surface area contributed by atoms with Crippen LogP contribution in [0.2, 0.25) is 0 Å². The molecule has 0 bridgehead atoms. The molecule has 0 aliphatic heterocycles. The molecular weight excluding hydrogens is 600 g/mol. The summed E-state index contributed by atoms with van der Waals surface area (Å²) in [4.78, 5) is 25.4. The number of unbranched alkanes of at least 4 members (excludes halogenated alkanes) is 1. The van der Waals surface area contributed by atoms with Crippen molar-refractivity contribution < 1.29 is 29.3 Å². The molecule has 6 nitrogen and oxygen atoms in total. The molecule has 0 fully saturated rings. The molecule has 2 rings (SSSR count). The van der Waals surface area contributed by atoms with Crippen LogP contribution in [0.1, 0.15) is 169 Å². The van der Waals surface area contributed by atoms with Crippen molar-refractivity contribution in [2.75, 3.05) is 0 Å². The van der Waals surface area contributed by atoms with E-state index in [0.29, 0.717) is 24.3 Å². The fraction of sp³-hybridized carbons (Fsp3) is 0.667. The molecule has 0 radical (unpaired) electrons. The first-order valence-corrected chi connectivity index (χ1v) is 17.9. The molecule has 48 heavy (non-hydrogen) atoms. The molecule has 0 saturated carbocycles. The van der Waals surface area contributed by atoms with Gasteiger partial charge in [0.25, 0.3) is 0 Å². The van der Waals surface area contributed by atoms with E-state index in [4.69, 9.17) is 9.47 Å². The van der Waals surface area contributed by atoms with E-state index in [0.717, 1.165) is 59.1 Å². The van der Waals surface area contributed by atoms with Gasteiger partial charge in [0, 0.05) is 12.8 Å². The van der Waals surface area contributed by atoms with Crippen LogP contribution >= 0.6 is 0 Å². The maximum Gasteiger partial charge on any atom is 0.306 e. The number of benzene rings is 2. The molecule has 2 aromatic rings. The van der Waals surface area contributed by atoms with Crippen LogP contribution in [0.5, 0.6) is 11.5 Å².